The van der Waals surface area contributed by atoms with Crippen molar-refractivity contribution < 1.29 is 29.2 Å². The van der Waals surface area contributed by atoms with Crippen LogP contribution in [-0.4, -0.2) is 63.0 Å². The highest BCUT2D eigenvalue weighted by atomic mass is 16.5. The molecule has 7 nitrogen and oxygen atoms in total. The van der Waals surface area contributed by atoms with E-state index >= 15 is 0 Å². The molecular weight excluding hydrogens is 374 g/mol. The van der Waals surface area contributed by atoms with Crippen LogP contribution in [0.15, 0.2) is 48.5 Å². The van der Waals surface area contributed by atoms with E-state index < -0.39 is 6.09 Å². The van der Waals surface area contributed by atoms with Crippen molar-refractivity contribution in [3.05, 3.63) is 59.7 Å². The van der Waals surface area contributed by atoms with Gasteiger partial charge in [-0.1, -0.05) is 36.4 Å². The molecule has 0 aromatic heterocycles. The van der Waals surface area contributed by atoms with Crippen molar-refractivity contribution in [3.63, 3.8) is 0 Å². The Balaban J connectivity index is 1.73. The molecule has 0 saturated heterocycles. The van der Waals surface area contributed by atoms with E-state index in [9.17, 15) is 4.79 Å². The third-order valence-electron chi connectivity index (χ3n) is 4.02. The van der Waals surface area contributed by atoms with Gasteiger partial charge in [0.2, 0.25) is 0 Å². The van der Waals surface area contributed by atoms with Crippen LogP contribution in [0.3, 0.4) is 0 Å². The molecule has 7 heteroatoms. The summed E-state index contributed by atoms with van der Waals surface area (Å²) in [6.07, 6.45) is 2.96. The predicted octanol–water partition coefficient (Wildman–Crippen LogP) is 3.38. The maximum absolute atomic E-state index is 11.0. The minimum absolute atomic E-state index is 0.0188. The zero-order valence-corrected chi connectivity index (χ0v) is 16.5. The van der Waals surface area contributed by atoms with Gasteiger partial charge in [-0.15, -0.1) is 0 Å². The zero-order valence-electron chi connectivity index (χ0n) is 16.5. The van der Waals surface area contributed by atoms with Gasteiger partial charge in [-0.3, -0.25) is 4.90 Å². The van der Waals surface area contributed by atoms with E-state index in [1.807, 2.05) is 48.6 Å². The van der Waals surface area contributed by atoms with Crippen LogP contribution in [0, 0.1) is 0 Å². The van der Waals surface area contributed by atoms with E-state index in [0.29, 0.717) is 38.7 Å². The summed E-state index contributed by atoms with van der Waals surface area (Å²) in [5.74, 6) is 0.767. The summed E-state index contributed by atoms with van der Waals surface area (Å²) in [7, 11) is 1.51. The van der Waals surface area contributed by atoms with E-state index in [-0.39, 0.29) is 6.61 Å². The first-order chi connectivity index (χ1) is 14.1. The van der Waals surface area contributed by atoms with Crippen LogP contribution >= 0.6 is 0 Å². The van der Waals surface area contributed by atoms with E-state index in [4.69, 9.17) is 24.4 Å². The topological polar surface area (TPSA) is 88.5 Å². The fourth-order valence-electron chi connectivity index (χ4n) is 2.39. The van der Waals surface area contributed by atoms with Crippen molar-refractivity contribution in [1.29, 1.82) is 0 Å². The quantitative estimate of drug-likeness (QED) is 0.419. The Morgan fingerprint density at radius 2 is 1.38 bits per heavy atom. The van der Waals surface area contributed by atoms with Crippen LogP contribution in [0.4, 0.5) is 10.5 Å². The normalized spacial score (nSPS) is 11.0. The lowest BCUT2D eigenvalue weighted by Crippen LogP contribution is -2.23. The number of carboxylic acid groups (broad SMARTS) is 1. The van der Waals surface area contributed by atoms with Gasteiger partial charge in [0.05, 0.1) is 33.0 Å². The van der Waals surface area contributed by atoms with Crippen molar-refractivity contribution in [2.45, 2.75) is 0 Å². The Morgan fingerprint density at radius 1 is 0.862 bits per heavy atom. The summed E-state index contributed by atoms with van der Waals surface area (Å²) in [4.78, 5) is 12.1. The molecule has 2 N–H and O–H groups in total. The van der Waals surface area contributed by atoms with Gasteiger partial charge in [-0.25, -0.2) is 4.79 Å². The van der Waals surface area contributed by atoms with Crippen molar-refractivity contribution in [2.75, 3.05) is 51.6 Å². The molecule has 156 valence electrons. The number of ether oxygens (including phenoxy) is 3. The molecule has 0 atom stereocenters. The number of aliphatic hydroxyl groups excluding tert-OH is 1. The maximum atomic E-state index is 11.0. The summed E-state index contributed by atoms with van der Waals surface area (Å²) < 4.78 is 16.1. The molecule has 2 aromatic rings. The highest BCUT2D eigenvalue weighted by Gasteiger charge is 2.06. The van der Waals surface area contributed by atoms with Gasteiger partial charge in [0.15, 0.2) is 0 Å². The molecule has 29 heavy (non-hydrogen) atoms. The number of benzene rings is 2. The molecule has 0 unspecified atom stereocenters. The number of hydrogen-bond acceptors (Lipinski definition) is 5. The largest absolute Gasteiger partial charge is 0.491 e. The fourth-order valence-corrected chi connectivity index (χ4v) is 2.39. The van der Waals surface area contributed by atoms with Gasteiger partial charge in [0.1, 0.15) is 12.4 Å². The van der Waals surface area contributed by atoms with Crippen molar-refractivity contribution >= 4 is 23.9 Å². The summed E-state index contributed by atoms with van der Waals surface area (Å²) in [6, 6.07) is 15.0. The lowest BCUT2D eigenvalue weighted by Gasteiger charge is -2.12. The number of amides is 1. The molecule has 0 bridgehead atoms. The Morgan fingerprint density at radius 3 is 1.93 bits per heavy atom. The number of nitrogens with zero attached hydrogens (tertiary/aromatic N) is 1. The SMILES string of the molecule is CN(C(=O)O)c1ccc(/C=C/c2ccc(OCCOCCOCCO)cc2)cc1. The van der Waals surface area contributed by atoms with E-state index in [1.165, 1.54) is 11.9 Å². The van der Waals surface area contributed by atoms with Crippen molar-refractivity contribution in [1.82, 2.24) is 0 Å². The lowest BCUT2D eigenvalue weighted by atomic mass is 10.1. The molecule has 0 radical (unpaired) electrons. The fraction of sp³-hybridized carbons (Fsp3) is 0.318. The number of rotatable bonds is 12. The van der Waals surface area contributed by atoms with Crippen LogP contribution in [-0.2, 0) is 9.47 Å². The van der Waals surface area contributed by atoms with Crippen LogP contribution < -0.4 is 9.64 Å². The summed E-state index contributed by atoms with van der Waals surface area (Å²) in [5, 5.41) is 17.6. The summed E-state index contributed by atoms with van der Waals surface area (Å²) in [6.45, 7) is 2.20. The van der Waals surface area contributed by atoms with Crippen LogP contribution in [0.1, 0.15) is 11.1 Å². The molecule has 2 aromatic carbocycles. The summed E-state index contributed by atoms with van der Waals surface area (Å²) in [5.41, 5.74) is 2.63. The lowest BCUT2D eigenvalue weighted by molar-refractivity contribution is 0.0247. The van der Waals surface area contributed by atoms with Gasteiger partial charge in [-0.2, -0.15) is 0 Å². The Hall–Kier alpha value is -2.87. The van der Waals surface area contributed by atoms with Crippen LogP contribution in [0.25, 0.3) is 12.2 Å². The molecular formula is C22H27NO6. The molecule has 0 fully saturated rings. The van der Waals surface area contributed by atoms with Gasteiger partial charge in [-0.05, 0) is 35.4 Å². The van der Waals surface area contributed by atoms with Crippen LogP contribution in [0.5, 0.6) is 5.75 Å². The zero-order chi connectivity index (χ0) is 20.9. The molecule has 0 aliphatic rings. The monoisotopic (exact) mass is 401 g/mol. The smallest absolute Gasteiger partial charge is 0.411 e. The Kier molecular flexibility index (Phi) is 9.71. The molecule has 2 rings (SSSR count). The minimum Gasteiger partial charge on any atom is -0.491 e. The highest BCUT2D eigenvalue weighted by molar-refractivity contribution is 5.85. The first kappa shape index (κ1) is 22.4. The molecule has 1 amide bonds. The second kappa shape index (κ2) is 12.6. The molecule has 0 aliphatic heterocycles. The van der Waals surface area contributed by atoms with Gasteiger partial charge in [0, 0.05) is 12.7 Å². The third kappa shape index (κ3) is 8.35. The molecule has 0 spiro atoms. The third-order valence-corrected chi connectivity index (χ3v) is 4.02. The Labute approximate surface area is 170 Å². The predicted molar refractivity (Wildman–Crippen MR) is 112 cm³/mol. The molecule has 0 saturated carbocycles. The van der Waals surface area contributed by atoms with Crippen LogP contribution in [0.2, 0.25) is 0 Å². The first-order valence-electron chi connectivity index (χ1n) is 9.34. The summed E-state index contributed by atoms with van der Waals surface area (Å²) >= 11 is 0. The van der Waals surface area contributed by atoms with Crippen molar-refractivity contribution in [2.24, 2.45) is 0 Å². The van der Waals surface area contributed by atoms with Gasteiger partial charge >= 0.3 is 6.09 Å². The average molecular weight is 401 g/mol. The maximum Gasteiger partial charge on any atom is 0.411 e. The number of aliphatic hydroxyl groups is 1. The van der Waals surface area contributed by atoms with Gasteiger partial charge < -0.3 is 24.4 Å². The van der Waals surface area contributed by atoms with E-state index in [1.54, 1.807) is 12.1 Å². The molecule has 0 aliphatic carbocycles. The standard InChI is InChI=1S/C22H27NO6/c1-23(22(25)26)20-8-4-18(5-9-20)2-3-19-6-10-21(11-7-19)29-17-16-28-15-14-27-13-12-24/h2-11,24H,12-17H2,1H3,(H,25,26)/b3-2+. The number of carbonyl (C=O) groups is 1. The van der Waals surface area contributed by atoms with E-state index in [2.05, 4.69) is 0 Å². The van der Waals surface area contributed by atoms with Gasteiger partial charge in [0.25, 0.3) is 0 Å². The Bertz CT molecular complexity index is 758. The highest BCUT2D eigenvalue weighted by Crippen LogP contribution is 2.17. The van der Waals surface area contributed by atoms with Crippen molar-refractivity contribution in [3.8, 4) is 5.75 Å². The average Bonchev–Trinajstić information content (AvgIpc) is 2.74. The van der Waals surface area contributed by atoms with E-state index in [0.717, 1.165) is 16.9 Å². The number of anilines is 1. The second-order valence-corrected chi connectivity index (χ2v) is 6.13. The minimum atomic E-state index is -0.991. The first-order valence-corrected chi connectivity index (χ1v) is 9.34. The second-order valence-electron chi connectivity index (χ2n) is 6.13. The molecule has 0 heterocycles. The number of hydrogen-bond donors (Lipinski definition) is 2.